The predicted octanol–water partition coefficient (Wildman–Crippen LogP) is 2.41. The number of carbonyl (C=O) groups excluding carboxylic acids is 1. The van der Waals surface area contributed by atoms with E-state index in [2.05, 4.69) is 22.5 Å². The summed E-state index contributed by atoms with van der Waals surface area (Å²) in [5.41, 5.74) is -0.959. The molecule has 1 unspecified atom stereocenters. The molecule has 1 atom stereocenters. The molecule has 1 heterocycles. The van der Waals surface area contributed by atoms with Crippen LogP contribution in [0, 0.1) is 0 Å². The molecule has 1 rings (SSSR count). The van der Waals surface area contributed by atoms with Crippen LogP contribution in [-0.2, 0) is 14.3 Å². The van der Waals surface area contributed by atoms with Crippen LogP contribution in [-0.4, -0.2) is 36.8 Å². The molecule has 1 amide bonds. The summed E-state index contributed by atoms with van der Waals surface area (Å²) in [5.74, 6) is 0.314. The third-order valence-electron chi connectivity index (χ3n) is 2.68. The minimum Gasteiger partial charge on any atom is -0.477 e. The van der Waals surface area contributed by atoms with Crippen LogP contribution in [0.1, 0.15) is 20.3 Å². The van der Waals surface area contributed by atoms with Gasteiger partial charge in [0.25, 0.3) is 5.91 Å². The van der Waals surface area contributed by atoms with Crippen LogP contribution in [0.3, 0.4) is 0 Å². The number of amides is 1. The van der Waals surface area contributed by atoms with E-state index in [4.69, 9.17) is 9.47 Å². The number of likely N-dealkylation sites (N-methyl/N-ethyl adjacent to an activating group) is 1. The van der Waals surface area contributed by atoms with Crippen LogP contribution in [0.5, 0.6) is 0 Å². The number of methoxy groups -OCH3 is 1. The van der Waals surface area contributed by atoms with Gasteiger partial charge in [-0.25, -0.2) is 0 Å². The first kappa shape index (κ1) is 14.3. The maximum absolute atomic E-state index is 12.2. The molecule has 0 aromatic heterocycles. The van der Waals surface area contributed by atoms with E-state index in [1.165, 1.54) is 0 Å². The minimum atomic E-state index is -0.959. The van der Waals surface area contributed by atoms with Gasteiger partial charge >= 0.3 is 0 Å². The molecule has 0 saturated carbocycles. The molecule has 1 aliphatic rings. The first-order chi connectivity index (χ1) is 7.79. The second-order valence-electron chi connectivity index (χ2n) is 4.43. The Kier molecular flexibility index (Phi) is 4.38. The van der Waals surface area contributed by atoms with E-state index in [-0.39, 0.29) is 12.1 Å². The average molecular weight is 304 g/mol. The Balaban J connectivity index is 3.11. The largest absolute Gasteiger partial charge is 0.477 e. The van der Waals surface area contributed by atoms with E-state index in [0.29, 0.717) is 12.2 Å². The SMILES string of the molecule is C=C1OC(C)(C)C(=O)N(C)C(OC)CC=C1Br. The van der Waals surface area contributed by atoms with Crippen LogP contribution in [0.15, 0.2) is 22.9 Å². The quantitative estimate of drug-likeness (QED) is 0.747. The smallest absolute Gasteiger partial charge is 0.267 e. The third kappa shape index (κ3) is 3.10. The molecule has 17 heavy (non-hydrogen) atoms. The molecule has 0 saturated heterocycles. The van der Waals surface area contributed by atoms with E-state index in [1.807, 2.05) is 6.08 Å². The highest BCUT2D eigenvalue weighted by Gasteiger charge is 2.36. The Bertz CT molecular complexity index is 363. The number of halogens is 1. The summed E-state index contributed by atoms with van der Waals surface area (Å²) in [4.78, 5) is 13.8. The van der Waals surface area contributed by atoms with Crippen LogP contribution in [0.4, 0.5) is 0 Å². The normalized spacial score (nSPS) is 25.6. The number of ether oxygens (including phenoxy) is 2. The fraction of sp³-hybridized carbons (Fsp3) is 0.583. The Morgan fingerprint density at radius 1 is 1.65 bits per heavy atom. The van der Waals surface area contributed by atoms with Gasteiger partial charge in [0.05, 0.1) is 4.48 Å². The second kappa shape index (κ2) is 5.23. The molecular formula is C12H18BrNO3. The van der Waals surface area contributed by atoms with Crippen molar-refractivity contribution in [3.63, 3.8) is 0 Å². The lowest BCUT2D eigenvalue weighted by Crippen LogP contribution is -2.49. The Morgan fingerprint density at radius 3 is 2.76 bits per heavy atom. The van der Waals surface area contributed by atoms with E-state index in [9.17, 15) is 4.79 Å². The number of nitrogens with zero attached hydrogens (tertiary/aromatic N) is 1. The lowest BCUT2D eigenvalue weighted by atomic mass is 10.1. The molecule has 5 heteroatoms. The van der Waals surface area contributed by atoms with Crippen molar-refractivity contribution >= 4 is 21.8 Å². The first-order valence-corrected chi connectivity index (χ1v) is 6.13. The topological polar surface area (TPSA) is 38.8 Å². The van der Waals surface area contributed by atoms with Crippen LogP contribution < -0.4 is 0 Å². The molecule has 0 bridgehead atoms. The van der Waals surface area contributed by atoms with Gasteiger partial charge in [-0.05, 0) is 29.8 Å². The summed E-state index contributed by atoms with van der Waals surface area (Å²) in [6.45, 7) is 7.23. The lowest BCUT2D eigenvalue weighted by Gasteiger charge is -2.33. The van der Waals surface area contributed by atoms with Crippen LogP contribution in [0.25, 0.3) is 0 Å². The summed E-state index contributed by atoms with van der Waals surface area (Å²) >= 11 is 3.37. The first-order valence-electron chi connectivity index (χ1n) is 5.33. The van der Waals surface area contributed by atoms with E-state index in [0.717, 1.165) is 4.48 Å². The van der Waals surface area contributed by atoms with Gasteiger partial charge in [-0.3, -0.25) is 4.79 Å². The number of carbonyl (C=O) groups is 1. The molecule has 4 nitrogen and oxygen atoms in total. The summed E-state index contributed by atoms with van der Waals surface area (Å²) in [6.07, 6.45) is 2.17. The highest BCUT2D eigenvalue weighted by atomic mass is 79.9. The molecule has 0 N–H and O–H groups in total. The highest BCUT2D eigenvalue weighted by molar-refractivity contribution is 9.11. The zero-order valence-electron chi connectivity index (χ0n) is 10.6. The van der Waals surface area contributed by atoms with Crippen molar-refractivity contribution in [1.82, 2.24) is 4.90 Å². The Morgan fingerprint density at radius 2 is 2.24 bits per heavy atom. The molecule has 0 aromatic rings. The molecule has 96 valence electrons. The van der Waals surface area contributed by atoms with Crippen molar-refractivity contribution in [2.75, 3.05) is 14.2 Å². The summed E-state index contributed by atoms with van der Waals surface area (Å²) in [6, 6.07) is 0. The minimum absolute atomic E-state index is 0.138. The predicted molar refractivity (Wildman–Crippen MR) is 69.5 cm³/mol. The summed E-state index contributed by atoms with van der Waals surface area (Å²) in [7, 11) is 3.29. The zero-order valence-corrected chi connectivity index (χ0v) is 12.2. The second-order valence-corrected chi connectivity index (χ2v) is 5.28. The molecule has 0 aliphatic carbocycles. The number of hydrogen-bond acceptors (Lipinski definition) is 3. The zero-order chi connectivity index (χ0) is 13.2. The third-order valence-corrected chi connectivity index (χ3v) is 3.45. The molecular weight excluding hydrogens is 286 g/mol. The number of allylic oxidation sites excluding steroid dienone is 1. The molecule has 0 fully saturated rings. The Labute approximate surface area is 110 Å². The van der Waals surface area contributed by atoms with Crippen molar-refractivity contribution in [3.05, 3.63) is 22.9 Å². The fourth-order valence-corrected chi connectivity index (χ4v) is 1.95. The highest BCUT2D eigenvalue weighted by Crippen LogP contribution is 2.28. The van der Waals surface area contributed by atoms with Gasteiger partial charge in [0.15, 0.2) is 5.60 Å². The maximum Gasteiger partial charge on any atom is 0.267 e. The molecule has 0 radical (unpaired) electrons. The van der Waals surface area contributed by atoms with Gasteiger partial charge in [0, 0.05) is 20.6 Å². The molecule has 0 aromatic carbocycles. The van der Waals surface area contributed by atoms with Gasteiger partial charge in [-0.1, -0.05) is 12.7 Å². The van der Waals surface area contributed by atoms with Crippen molar-refractivity contribution in [2.24, 2.45) is 0 Å². The monoisotopic (exact) mass is 303 g/mol. The van der Waals surface area contributed by atoms with Gasteiger partial charge in [0.1, 0.15) is 12.0 Å². The van der Waals surface area contributed by atoms with Crippen molar-refractivity contribution in [1.29, 1.82) is 0 Å². The maximum atomic E-state index is 12.2. The van der Waals surface area contributed by atoms with Crippen LogP contribution in [0.2, 0.25) is 0 Å². The number of hydrogen-bond donors (Lipinski definition) is 0. The average Bonchev–Trinajstić information content (AvgIpc) is 2.28. The lowest BCUT2D eigenvalue weighted by molar-refractivity contribution is -0.158. The Hall–Kier alpha value is -0.810. The molecule has 0 spiro atoms. The van der Waals surface area contributed by atoms with Gasteiger partial charge in [0.2, 0.25) is 0 Å². The van der Waals surface area contributed by atoms with Crippen molar-refractivity contribution in [3.8, 4) is 0 Å². The summed E-state index contributed by atoms with van der Waals surface area (Å²) in [5, 5.41) is 0. The fourth-order valence-electron chi connectivity index (χ4n) is 1.69. The van der Waals surface area contributed by atoms with Crippen LogP contribution >= 0.6 is 15.9 Å². The van der Waals surface area contributed by atoms with Gasteiger partial charge in [-0.2, -0.15) is 0 Å². The van der Waals surface area contributed by atoms with Crippen molar-refractivity contribution < 1.29 is 14.3 Å². The summed E-state index contributed by atoms with van der Waals surface area (Å²) < 4.78 is 11.6. The number of rotatable bonds is 1. The van der Waals surface area contributed by atoms with Gasteiger partial charge < -0.3 is 14.4 Å². The van der Waals surface area contributed by atoms with Gasteiger partial charge in [-0.15, -0.1) is 0 Å². The van der Waals surface area contributed by atoms with E-state index >= 15 is 0 Å². The van der Waals surface area contributed by atoms with Crippen molar-refractivity contribution in [2.45, 2.75) is 32.1 Å². The van der Waals surface area contributed by atoms with E-state index < -0.39 is 5.60 Å². The molecule has 1 aliphatic heterocycles. The standard InChI is InChI=1S/C12H18BrNO3/c1-8-9(13)6-7-10(16-5)14(4)11(15)12(2,3)17-8/h6,10H,1,7H2,2-5H3. The van der Waals surface area contributed by atoms with E-state index in [1.54, 1.807) is 32.9 Å².